The SMILES string of the molecule is O=C(c1cccc(Br)c1)N1CCCC1c1nc2cc(-c3ccccc3C(F)(F)F)ccc2o1. The highest BCUT2D eigenvalue weighted by Gasteiger charge is 2.35. The molecule has 5 rings (SSSR count). The molecule has 168 valence electrons. The highest BCUT2D eigenvalue weighted by molar-refractivity contribution is 9.10. The van der Waals surface area contributed by atoms with Crippen LogP contribution in [0.3, 0.4) is 0 Å². The quantitative estimate of drug-likeness (QED) is 0.289. The van der Waals surface area contributed by atoms with Crippen LogP contribution in [-0.2, 0) is 6.18 Å². The normalized spacial score (nSPS) is 16.5. The Morgan fingerprint density at radius 2 is 1.88 bits per heavy atom. The minimum Gasteiger partial charge on any atom is -0.438 e. The van der Waals surface area contributed by atoms with Gasteiger partial charge >= 0.3 is 6.18 Å². The number of amides is 1. The van der Waals surface area contributed by atoms with Crippen molar-refractivity contribution in [1.82, 2.24) is 9.88 Å². The molecule has 4 aromatic rings. The lowest BCUT2D eigenvalue weighted by atomic mass is 9.99. The predicted molar refractivity (Wildman–Crippen MR) is 122 cm³/mol. The zero-order valence-electron chi connectivity index (χ0n) is 17.3. The molecular formula is C25H18BrF3N2O2. The zero-order valence-corrected chi connectivity index (χ0v) is 18.9. The number of nitrogens with zero attached hydrogens (tertiary/aromatic N) is 2. The summed E-state index contributed by atoms with van der Waals surface area (Å²) in [6.07, 6.45) is -2.94. The van der Waals surface area contributed by atoms with Crippen molar-refractivity contribution in [2.24, 2.45) is 0 Å². The molecule has 8 heteroatoms. The molecule has 4 nitrogen and oxygen atoms in total. The average molecular weight is 515 g/mol. The van der Waals surface area contributed by atoms with Gasteiger partial charge in [-0.25, -0.2) is 4.98 Å². The molecule has 0 saturated carbocycles. The number of benzene rings is 3. The molecule has 0 spiro atoms. The molecule has 3 aromatic carbocycles. The molecule has 1 aliphatic rings. The van der Waals surface area contributed by atoms with Crippen LogP contribution in [0.4, 0.5) is 13.2 Å². The van der Waals surface area contributed by atoms with Gasteiger partial charge in [-0.05, 0) is 60.4 Å². The van der Waals surface area contributed by atoms with Crippen molar-refractivity contribution in [3.05, 3.63) is 88.2 Å². The van der Waals surface area contributed by atoms with E-state index in [0.717, 1.165) is 17.0 Å². The van der Waals surface area contributed by atoms with Crippen LogP contribution < -0.4 is 0 Å². The first-order valence-corrected chi connectivity index (χ1v) is 11.2. The summed E-state index contributed by atoms with van der Waals surface area (Å²) in [5, 5.41) is 0. The molecule has 2 heterocycles. The van der Waals surface area contributed by atoms with E-state index in [-0.39, 0.29) is 17.5 Å². The largest absolute Gasteiger partial charge is 0.438 e. The summed E-state index contributed by atoms with van der Waals surface area (Å²) in [7, 11) is 0. The first-order valence-electron chi connectivity index (χ1n) is 10.4. The second-order valence-corrected chi connectivity index (χ2v) is 8.86. The molecule has 1 unspecified atom stereocenters. The summed E-state index contributed by atoms with van der Waals surface area (Å²) in [6, 6.07) is 17.2. The smallest absolute Gasteiger partial charge is 0.417 e. The molecule has 1 saturated heterocycles. The Hall–Kier alpha value is -3.13. The number of hydrogen-bond donors (Lipinski definition) is 0. The first-order chi connectivity index (χ1) is 15.8. The third kappa shape index (κ3) is 4.15. The minimum atomic E-state index is -4.46. The van der Waals surface area contributed by atoms with Gasteiger partial charge in [0.25, 0.3) is 5.91 Å². The Morgan fingerprint density at radius 3 is 2.67 bits per heavy atom. The Bertz CT molecular complexity index is 1350. The summed E-state index contributed by atoms with van der Waals surface area (Å²) >= 11 is 3.39. The molecule has 0 radical (unpaired) electrons. The van der Waals surface area contributed by atoms with Gasteiger partial charge in [0.15, 0.2) is 5.58 Å². The maximum Gasteiger partial charge on any atom is 0.417 e. The Morgan fingerprint density at radius 1 is 1.06 bits per heavy atom. The van der Waals surface area contributed by atoms with Crippen molar-refractivity contribution in [3.63, 3.8) is 0 Å². The molecule has 1 aliphatic heterocycles. The van der Waals surface area contributed by atoms with Crippen molar-refractivity contribution in [2.75, 3.05) is 6.54 Å². The van der Waals surface area contributed by atoms with Gasteiger partial charge in [-0.2, -0.15) is 13.2 Å². The predicted octanol–water partition coefficient (Wildman–Crippen LogP) is 7.25. The second-order valence-electron chi connectivity index (χ2n) is 7.94. The van der Waals surface area contributed by atoms with Gasteiger partial charge in [0.2, 0.25) is 5.89 Å². The topological polar surface area (TPSA) is 46.3 Å². The van der Waals surface area contributed by atoms with E-state index in [9.17, 15) is 18.0 Å². The van der Waals surface area contributed by atoms with E-state index in [1.807, 2.05) is 12.1 Å². The molecule has 0 aliphatic carbocycles. The Kier molecular flexibility index (Phi) is 5.48. The molecule has 1 fully saturated rings. The standard InChI is InChI=1S/C25H18BrF3N2O2/c26-17-6-3-5-16(13-17)24(32)31-12-4-9-21(31)23-30-20-14-15(10-11-22(20)33-23)18-7-1-2-8-19(18)25(27,28)29/h1-3,5-8,10-11,13-14,21H,4,9,12H2. The lowest BCUT2D eigenvalue weighted by Crippen LogP contribution is -2.30. The third-order valence-corrected chi connectivity index (χ3v) is 6.31. The van der Waals surface area contributed by atoms with Gasteiger partial charge in [0.05, 0.1) is 5.56 Å². The van der Waals surface area contributed by atoms with Gasteiger partial charge in [-0.15, -0.1) is 0 Å². The van der Waals surface area contributed by atoms with Crippen LogP contribution in [-0.4, -0.2) is 22.3 Å². The van der Waals surface area contributed by atoms with Crippen LogP contribution in [0.15, 0.2) is 75.6 Å². The van der Waals surface area contributed by atoms with E-state index in [1.54, 1.807) is 41.3 Å². The number of carbonyl (C=O) groups is 1. The van der Waals surface area contributed by atoms with Crippen molar-refractivity contribution in [3.8, 4) is 11.1 Å². The minimum absolute atomic E-state index is 0.0868. The molecule has 1 aromatic heterocycles. The molecule has 0 N–H and O–H groups in total. The summed E-state index contributed by atoms with van der Waals surface area (Å²) in [5.41, 5.74) is 1.29. The van der Waals surface area contributed by atoms with Gasteiger partial charge in [0.1, 0.15) is 11.6 Å². The van der Waals surface area contributed by atoms with Crippen molar-refractivity contribution < 1.29 is 22.4 Å². The highest BCUT2D eigenvalue weighted by atomic mass is 79.9. The number of aromatic nitrogens is 1. The Labute approximate surface area is 196 Å². The summed E-state index contributed by atoms with van der Waals surface area (Å²) in [5.74, 6) is 0.285. The fourth-order valence-corrected chi connectivity index (χ4v) is 4.69. The van der Waals surface area contributed by atoms with Crippen molar-refractivity contribution >= 4 is 32.9 Å². The number of carbonyl (C=O) groups excluding carboxylic acids is 1. The van der Waals surface area contributed by atoms with Crippen LogP contribution in [0.1, 0.15) is 40.7 Å². The first kappa shape index (κ1) is 21.7. The van der Waals surface area contributed by atoms with Crippen LogP contribution in [0.5, 0.6) is 0 Å². The lowest BCUT2D eigenvalue weighted by molar-refractivity contribution is -0.137. The number of likely N-dealkylation sites (tertiary alicyclic amines) is 1. The van der Waals surface area contributed by atoms with Crippen LogP contribution in [0.2, 0.25) is 0 Å². The molecular weight excluding hydrogens is 497 g/mol. The van der Waals surface area contributed by atoms with E-state index >= 15 is 0 Å². The lowest BCUT2D eigenvalue weighted by Gasteiger charge is -2.22. The molecule has 0 bridgehead atoms. The van der Waals surface area contributed by atoms with E-state index in [1.165, 1.54) is 12.1 Å². The van der Waals surface area contributed by atoms with Gasteiger partial charge < -0.3 is 9.32 Å². The molecule has 1 amide bonds. The molecule has 33 heavy (non-hydrogen) atoms. The fraction of sp³-hybridized carbons (Fsp3) is 0.200. The summed E-state index contributed by atoms with van der Waals surface area (Å²) in [4.78, 5) is 19.4. The van der Waals surface area contributed by atoms with Gasteiger partial charge in [0, 0.05) is 16.6 Å². The van der Waals surface area contributed by atoms with Crippen molar-refractivity contribution in [2.45, 2.75) is 25.1 Å². The Balaban J connectivity index is 1.49. The number of rotatable bonds is 3. The van der Waals surface area contributed by atoms with Crippen LogP contribution in [0.25, 0.3) is 22.2 Å². The highest BCUT2D eigenvalue weighted by Crippen LogP contribution is 2.39. The average Bonchev–Trinajstić information content (AvgIpc) is 3.44. The number of halogens is 4. The van der Waals surface area contributed by atoms with Crippen LogP contribution in [0, 0.1) is 0 Å². The number of alkyl halides is 3. The van der Waals surface area contributed by atoms with E-state index in [0.29, 0.717) is 41.1 Å². The number of oxazole rings is 1. The third-order valence-electron chi connectivity index (χ3n) is 5.82. The van der Waals surface area contributed by atoms with E-state index < -0.39 is 11.7 Å². The fourth-order valence-electron chi connectivity index (χ4n) is 4.29. The molecule has 1 atom stereocenters. The number of hydrogen-bond acceptors (Lipinski definition) is 3. The van der Waals surface area contributed by atoms with Gasteiger partial charge in [-0.3, -0.25) is 4.79 Å². The second kappa shape index (κ2) is 8.33. The van der Waals surface area contributed by atoms with E-state index in [4.69, 9.17) is 4.42 Å². The maximum atomic E-state index is 13.5. The monoisotopic (exact) mass is 514 g/mol. The maximum absolute atomic E-state index is 13.5. The van der Waals surface area contributed by atoms with Gasteiger partial charge in [-0.1, -0.05) is 46.3 Å². The number of fused-ring (bicyclic) bond motifs is 1. The van der Waals surface area contributed by atoms with Crippen molar-refractivity contribution in [1.29, 1.82) is 0 Å². The summed E-state index contributed by atoms with van der Waals surface area (Å²) in [6.45, 7) is 0.582. The summed E-state index contributed by atoms with van der Waals surface area (Å²) < 4.78 is 47.2. The van der Waals surface area contributed by atoms with E-state index in [2.05, 4.69) is 20.9 Å². The zero-order chi connectivity index (χ0) is 23.2. The van der Waals surface area contributed by atoms with Crippen LogP contribution >= 0.6 is 15.9 Å².